The van der Waals surface area contributed by atoms with Crippen molar-refractivity contribution in [3.8, 4) is 5.75 Å². The van der Waals surface area contributed by atoms with Crippen LogP contribution in [0.3, 0.4) is 0 Å². The first-order chi connectivity index (χ1) is 10.7. The van der Waals surface area contributed by atoms with Crippen LogP contribution in [0.4, 0.5) is 5.69 Å². The Morgan fingerprint density at radius 1 is 1.26 bits per heavy atom. The number of carbonyl (C=O) groups is 1. The lowest BCUT2D eigenvalue weighted by Gasteiger charge is -2.21. The van der Waals surface area contributed by atoms with Gasteiger partial charge in [-0.05, 0) is 49.7 Å². The summed E-state index contributed by atoms with van der Waals surface area (Å²) in [6.45, 7) is 7.80. The zero-order valence-electron chi connectivity index (χ0n) is 13.9. The molecule has 1 aromatic carbocycles. The number of anilines is 1. The molecule has 0 aliphatic heterocycles. The lowest BCUT2D eigenvalue weighted by Crippen LogP contribution is -2.30. The Bertz CT molecular complexity index is 619. The predicted octanol–water partition coefficient (Wildman–Crippen LogP) is 4.92. The molecule has 0 aliphatic carbocycles. The first kappa shape index (κ1) is 19.2. The number of phenols is 1. The molecule has 0 saturated heterocycles. The molecular formula is C18H23BrN2O2. The molecule has 0 spiro atoms. The molecule has 0 unspecified atom stereocenters. The lowest BCUT2D eigenvalue weighted by atomic mass is 9.89. The van der Waals surface area contributed by atoms with Crippen LogP contribution in [0, 0.1) is 12.3 Å². The summed E-state index contributed by atoms with van der Waals surface area (Å²) in [6, 6.07) is 10.5. The maximum Gasteiger partial charge on any atom is 0.230 e. The molecule has 2 N–H and O–H groups in total. The van der Waals surface area contributed by atoms with E-state index >= 15 is 0 Å². The second kappa shape index (κ2) is 8.67. The highest BCUT2D eigenvalue weighted by Crippen LogP contribution is 2.22. The fourth-order valence-electron chi connectivity index (χ4n) is 1.53. The first-order valence-electron chi connectivity index (χ1n) is 7.43. The van der Waals surface area contributed by atoms with Crippen LogP contribution in [0.5, 0.6) is 5.75 Å². The zero-order chi connectivity index (χ0) is 17.5. The number of carbonyl (C=O) groups excluding carboxylic acids is 1. The van der Waals surface area contributed by atoms with Crippen LogP contribution in [-0.4, -0.2) is 16.0 Å². The quantitative estimate of drug-likeness (QED) is 0.796. The van der Waals surface area contributed by atoms with E-state index in [1.165, 1.54) is 0 Å². The second-order valence-corrected chi connectivity index (χ2v) is 6.77. The summed E-state index contributed by atoms with van der Waals surface area (Å²) < 4.78 is 0.982. The minimum Gasteiger partial charge on any atom is -0.508 e. The van der Waals surface area contributed by atoms with Crippen LogP contribution in [0.2, 0.25) is 0 Å². The third kappa shape index (κ3) is 6.82. The van der Waals surface area contributed by atoms with E-state index < -0.39 is 0 Å². The Balaban J connectivity index is 0.000000277. The Hall–Kier alpha value is -1.88. The molecule has 0 radical (unpaired) electrons. The summed E-state index contributed by atoms with van der Waals surface area (Å²) >= 11 is 3.23. The molecule has 23 heavy (non-hydrogen) atoms. The number of aryl methyl sites for hydroxylation is 1. The van der Waals surface area contributed by atoms with Crippen molar-refractivity contribution in [3.63, 3.8) is 0 Å². The second-order valence-electron chi connectivity index (χ2n) is 5.85. The van der Waals surface area contributed by atoms with Crippen molar-refractivity contribution >= 4 is 27.5 Å². The number of pyridine rings is 1. The minimum absolute atomic E-state index is 0.0515. The van der Waals surface area contributed by atoms with Crippen molar-refractivity contribution in [3.05, 3.63) is 52.8 Å². The number of hydrogen-bond acceptors (Lipinski definition) is 3. The van der Waals surface area contributed by atoms with E-state index in [0.29, 0.717) is 5.75 Å². The van der Waals surface area contributed by atoms with E-state index in [1.807, 2.05) is 33.8 Å². The molecule has 0 bridgehead atoms. The summed E-state index contributed by atoms with van der Waals surface area (Å²) in [5.41, 5.74) is 1.40. The highest BCUT2D eigenvalue weighted by molar-refractivity contribution is 9.10. The van der Waals surface area contributed by atoms with E-state index in [0.717, 1.165) is 22.3 Å². The van der Waals surface area contributed by atoms with Crippen molar-refractivity contribution in [1.29, 1.82) is 0 Å². The lowest BCUT2D eigenvalue weighted by molar-refractivity contribution is -0.124. The number of nitrogens with one attached hydrogen (secondary N) is 1. The zero-order valence-corrected chi connectivity index (χ0v) is 15.5. The van der Waals surface area contributed by atoms with Gasteiger partial charge in [0, 0.05) is 27.5 Å². The van der Waals surface area contributed by atoms with Crippen LogP contribution in [0.15, 0.2) is 47.1 Å². The Morgan fingerprint density at radius 3 is 2.35 bits per heavy atom. The topological polar surface area (TPSA) is 62.2 Å². The molecule has 1 aromatic heterocycles. The van der Waals surface area contributed by atoms with Gasteiger partial charge in [-0.25, -0.2) is 0 Å². The van der Waals surface area contributed by atoms with Crippen LogP contribution in [-0.2, 0) is 4.79 Å². The normalized spacial score (nSPS) is 10.5. The number of phenolic OH excluding ortho intramolecular Hbond substituents is 1. The van der Waals surface area contributed by atoms with Crippen LogP contribution in [0.1, 0.15) is 32.9 Å². The monoisotopic (exact) mass is 378 g/mol. The number of rotatable bonds is 3. The van der Waals surface area contributed by atoms with Crippen molar-refractivity contribution in [2.45, 2.75) is 34.1 Å². The maximum absolute atomic E-state index is 11.8. The highest BCUT2D eigenvalue weighted by atomic mass is 79.9. The van der Waals surface area contributed by atoms with Gasteiger partial charge >= 0.3 is 0 Å². The SMILES string of the molecule is CCC(C)(C)C(=O)Nc1ccnc(C)c1.Oc1ccc(Br)cc1. The number of hydrogen-bond donors (Lipinski definition) is 2. The van der Waals surface area contributed by atoms with Crippen molar-refractivity contribution in [1.82, 2.24) is 4.98 Å². The Labute approximate surface area is 146 Å². The number of benzene rings is 1. The predicted molar refractivity (Wildman–Crippen MR) is 97.5 cm³/mol. The van der Waals surface area contributed by atoms with E-state index in [-0.39, 0.29) is 11.3 Å². The van der Waals surface area contributed by atoms with Crippen molar-refractivity contribution < 1.29 is 9.90 Å². The minimum atomic E-state index is -0.322. The van der Waals surface area contributed by atoms with Gasteiger partial charge in [-0.2, -0.15) is 0 Å². The smallest absolute Gasteiger partial charge is 0.230 e. The van der Waals surface area contributed by atoms with Gasteiger partial charge in [0.05, 0.1) is 0 Å². The number of amides is 1. The number of halogens is 1. The van der Waals surface area contributed by atoms with Crippen molar-refractivity contribution in [2.75, 3.05) is 5.32 Å². The number of aromatic nitrogens is 1. The fraction of sp³-hybridized carbons (Fsp3) is 0.333. The van der Waals surface area contributed by atoms with Crippen LogP contribution in [0.25, 0.3) is 0 Å². The first-order valence-corrected chi connectivity index (χ1v) is 8.22. The average molecular weight is 379 g/mol. The van der Waals surface area contributed by atoms with Gasteiger partial charge in [0.15, 0.2) is 0 Å². The molecule has 4 nitrogen and oxygen atoms in total. The molecule has 5 heteroatoms. The average Bonchev–Trinajstić information content (AvgIpc) is 2.51. The third-order valence-corrected chi connectivity index (χ3v) is 4.01. The third-order valence-electron chi connectivity index (χ3n) is 3.48. The molecule has 0 saturated carbocycles. The molecule has 0 fully saturated rings. The van der Waals surface area contributed by atoms with Gasteiger partial charge < -0.3 is 10.4 Å². The summed E-state index contributed by atoms with van der Waals surface area (Å²) in [6.07, 6.45) is 2.52. The highest BCUT2D eigenvalue weighted by Gasteiger charge is 2.25. The van der Waals surface area contributed by atoms with E-state index in [1.54, 1.807) is 36.5 Å². The van der Waals surface area contributed by atoms with Crippen molar-refractivity contribution in [2.24, 2.45) is 5.41 Å². The molecule has 124 valence electrons. The Kier molecular flexibility index (Phi) is 7.23. The van der Waals surface area contributed by atoms with Crippen LogP contribution >= 0.6 is 15.9 Å². The molecule has 0 atom stereocenters. The molecule has 2 rings (SSSR count). The molecule has 2 aromatic rings. The van der Waals surface area contributed by atoms with Gasteiger partial charge in [0.1, 0.15) is 5.75 Å². The van der Waals surface area contributed by atoms with Gasteiger partial charge in [0.2, 0.25) is 5.91 Å². The van der Waals surface area contributed by atoms with E-state index in [2.05, 4.69) is 26.2 Å². The summed E-state index contributed by atoms with van der Waals surface area (Å²) in [5, 5.41) is 11.6. The van der Waals surface area contributed by atoms with E-state index in [4.69, 9.17) is 5.11 Å². The summed E-state index contributed by atoms with van der Waals surface area (Å²) in [4.78, 5) is 15.9. The number of nitrogens with zero attached hydrogens (tertiary/aromatic N) is 1. The Morgan fingerprint density at radius 2 is 1.87 bits per heavy atom. The maximum atomic E-state index is 11.8. The van der Waals surface area contributed by atoms with Gasteiger partial charge in [-0.15, -0.1) is 0 Å². The van der Waals surface area contributed by atoms with E-state index in [9.17, 15) is 4.79 Å². The molecular weight excluding hydrogens is 356 g/mol. The summed E-state index contributed by atoms with van der Waals surface area (Å²) in [7, 11) is 0. The molecule has 1 amide bonds. The fourth-order valence-corrected chi connectivity index (χ4v) is 1.79. The van der Waals surface area contributed by atoms with Gasteiger partial charge in [-0.1, -0.05) is 36.7 Å². The van der Waals surface area contributed by atoms with Gasteiger partial charge in [0.25, 0.3) is 0 Å². The largest absolute Gasteiger partial charge is 0.508 e. The molecule has 1 heterocycles. The van der Waals surface area contributed by atoms with Crippen LogP contribution < -0.4 is 5.32 Å². The molecule has 0 aliphatic rings. The summed E-state index contributed by atoms with van der Waals surface area (Å²) in [5.74, 6) is 0.351. The number of aromatic hydroxyl groups is 1. The van der Waals surface area contributed by atoms with Gasteiger partial charge in [-0.3, -0.25) is 9.78 Å². The standard InChI is InChI=1S/C12H18N2O.C6H5BrO/c1-5-12(3,4)11(15)14-10-6-7-13-9(2)8-10;7-5-1-3-6(8)4-2-5/h6-8H,5H2,1-4H3,(H,13,14,15);1-4,8H.